The Labute approximate surface area is 118 Å². The second-order valence-electron chi connectivity index (χ2n) is 4.90. The minimum Gasteiger partial charge on any atom is -0.377 e. The second kappa shape index (κ2) is 5.46. The van der Waals surface area contributed by atoms with E-state index in [0.29, 0.717) is 5.56 Å². The fraction of sp³-hybridized carbons (Fsp3) is 0.312. The van der Waals surface area contributed by atoms with Gasteiger partial charge in [-0.05, 0) is 57.0 Å². The Morgan fingerprint density at radius 3 is 2.53 bits per heavy atom. The van der Waals surface area contributed by atoms with Crippen LogP contribution in [0.3, 0.4) is 0 Å². The smallest absolute Gasteiger partial charge is 0.101 e. The number of hydrogen-bond donors (Lipinski definition) is 1. The van der Waals surface area contributed by atoms with Gasteiger partial charge >= 0.3 is 0 Å². The lowest BCUT2D eigenvalue weighted by Crippen LogP contribution is -2.08. The van der Waals surface area contributed by atoms with Crippen molar-refractivity contribution in [3.8, 4) is 6.07 Å². The number of aryl methyl sites for hydroxylation is 3. The number of benzene rings is 1. The summed E-state index contributed by atoms with van der Waals surface area (Å²) in [7, 11) is 0. The van der Waals surface area contributed by atoms with Crippen molar-refractivity contribution < 1.29 is 0 Å². The first-order valence-electron chi connectivity index (χ1n) is 6.35. The standard InChI is InChI=1S/C16H18N2S/c1-10-5-6-14(9-17)16(7-10)18-12(3)15-8-11(2)19-13(15)4/h5-8,12,18H,1-4H3. The highest BCUT2D eigenvalue weighted by molar-refractivity contribution is 7.12. The summed E-state index contributed by atoms with van der Waals surface area (Å²) in [6.45, 7) is 8.45. The first-order chi connectivity index (χ1) is 9.01. The predicted octanol–water partition coefficient (Wildman–Crippen LogP) is 4.72. The average Bonchev–Trinajstić information content (AvgIpc) is 2.69. The average molecular weight is 270 g/mol. The van der Waals surface area contributed by atoms with Gasteiger partial charge < -0.3 is 5.32 Å². The Morgan fingerprint density at radius 1 is 1.21 bits per heavy atom. The van der Waals surface area contributed by atoms with Crippen molar-refractivity contribution in [2.75, 3.05) is 5.32 Å². The molecule has 0 amide bonds. The maximum atomic E-state index is 9.16. The third-order valence-corrected chi connectivity index (χ3v) is 4.20. The molecule has 1 N–H and O–H groups in total. The summed E-state index contributed by atoms with van der Waals surface area (Å²) in [5, 5.41) is 12.6. The lowest BCUT2D eigenvalue weighted by atomic mass is 10.1. The third-order valence-electron chi connectivity index (χ3n) is 3.21. The number of nitrogens with zero attached hydrogens (tertiary/aromatic N) is 1. The topological polar surface area (TPSA) is 35.8 Å². The van der Waals surface area contributed by atoms with Crippen molar-refractivity contribution in [2.45, 2.75) is 33.7 Å². The molecule has 2 aromatic rings. The van der Waals surface area contributed by atoms with E-state index < -0.39 is 0 Å². The van der Waals surface area contributed by atoms with E-state index in [-0.39, 0.29) is 6.04 Å². The van der Waals surface area contributed by atoms with Crippen LogP contribution in [0, 0.1) is 32.1 Å². The van der Waals surface area contributed by atoms with Crippen LogP contribution in [-0.4, -0.2) is 0 Å². The van der Waals surface area contributed by atoms with E-state index in [2.05, 4.69) is 38.2 Å². The summed E-state index contributed by atoms with van der Waals surface area (Å²) in [6, 6.07) is 10.5. The van der Waals surface area contributed by atoms with Crippen LogP contribution in [-0.2, 0) is 0 Å². The highest BCUT2D eigenvalue weighted by atomic mass is 32.1. The van der Waals surface area contributed by atoms with Gasteiger partial charge in [0.25, 0.3) is 0 Å². The number of thiophene rings is 1. The van der Waals surface area contributed by atoms with Crippen molar-refractivity contribution in [1.29, 1.82) is 5.26 Å². The zero-order valence-electron chi connectivity index (χ0n) is 11.7. The number of nitrogens with one attached hydrogen (secondary N) is 1. The van der Waals surface area contributed by atoms with E-state index in [1.165, 1.54) is 15.3 Å². The SMILES string of the molecule is Cc1ccc(C#N)c(NC(C)c2cc(C)sc2C)c1. The maximum Gasteiger partial charge on any atom is 0.101 e. The van der Waals surface area contributed by atoms with Gasteiger partial charge in [-0.2, -0.15) is 5.26 Å². The molecule has 1 unspecified atom stereocenters. The molecule has 1 heterocycles. The quantitative estimate of drug-likeness (QED) is 0.876. The molecule has 0 radical (unpaired) electrons. The van der Waals surface area contributed by atoms with E-state index in [4.69, 9.17) is 5.26 Å². The summed E-state index contributed by atoms with van der Waals surface area (Å²) in [5.41, 5.74) is 4.08. The normalized spacial score (nSPS) is 11.9. The third kappa shape index (κ3) is 2.97. The van der Waals surface area contributed by atoms with Gasteiger partial charge in [-0.25, -0.2) is 0 Å². The molecule has 0 fully saturated rings. The molecule has 0 aliphatic rings. The lowest BCUT2D eigenvalue weighted by Gasteiger charge is -2.17. The molecule has 19 heavy (non-hydrogen) atoms. The van der Waals surface area contributed by atoms with Crippen molar-refractivity contribution in [2.24, 2.45) is 0 Å². The molecule has 3 heteroatoms. The van der Waals surface area contributed by atoms with Gasteiger partial charge in [-0.1, -0.05) is 6.07 Å². The summed E-state index contributed by atoms with van der Waals surface area (Å²) in [4.78, 5) is 2.66. The molecule has 1 atom stereocenters. The molecular formula is C16H18N2S. The van der Waals surface area contributed by atoms with E-state index >= 15 is 0 Å². The fourth-order valence-electron chi connectivity index (χ4n) is 2.27. The van der Waals surface area contributed by atoms with Crippen LogP contribution in [0.25, 0.3) is 0 Å². The lowest BCUT2D eigenvalue weighted by molar-refractivity contribution is 0.880. The van der Waals surface area contributed by atoms with Crippen molar-refractivity contribution in [1.82, 2.24) is 0 Å². The highest BCUT2D eigenvalue weighted by Gasteiger charge is 2.12. The molecule has 1 aromatic heterocycles. The van der Waals surface area contributed by atoms with Crippen LogP contribution < -0.4 is 5.32 Å². The molecule has 0 saturated heterocycles. The van der Waals surface area contributed by atoms with Gasteiger partial charge in [-0.15, -0.1) is 11.3 Å². The molecule has 0 spiro atoms. The summed E-state index contributed by atoms with van der Waals surface area (Å²) < 4.78 is 0. The molecule has 1 aromatic carbocycles. The summed E-state index contributed by atoms with van der Waals surface area (Å²) >= 11 is 1.82. The minimum atomic E-state index is 0.207. The van der Waals surface area contributed by atoms with Crippen LogP contribution in [0.4, 0.5) is 5.69 Å². The zero-order chi connectivity index (χ0) is 14.0. The summed E-state index contributed by atoms with van der Waals surface area (Å²) in [5.74, 6) is 0. The Morgan fingerprint density at radius 2 is 1.95 bits per heavy atom. The van der Waals surface area contributed by atoms with Crippen LogP contribution in [0.1, 0.15) is 39.4 Å². The van der Waals surface area contributed by atoms with Crippen LogP contribution >= 0.6 is 11.3 Å². The molecule has 0 aliphatic heterocycles. The van der Waals surface area contributed by atoms with E-state index in [1.54, 1.807) is 0 Å². The molecule has 0 saturated carbocycles. The molecule has 0 aliphatic carbocycles. The van der Waals surface area contributed by atoms with Crippen LogP contribution in [0.5, 0.6) is 0 Å². The molecular weight excluding hydrogens is 252 g/mol. The number of hydrogen-bond acceptors (Lipinski definition) is 3. The van der Waals surface area contributed by atoms with Gasteiger partial charge in [0.2, 0.25) is 0 Å². The maximum absolute atomic E-state index is 9.16. The predicted molar refractivity (Wildman–Crippen MR) is 81.7 cm³/mol. The number of nitriles is 1. The first kappa shape index (κ1) is 13.6. The Hall–Kier alpha value is -1.79. The molecule has 0 bridgehead atoms. The Kier molecular flexibility index (Phi) is 3.92. The van der Waals surface area contributed by atoms with Gasteiger partial charge in [0.05, 0.1) is 11.3 Å². The molecule has 2 nitrogen and oxygen atoms in total. The van der Waals surface area contributed by atoms with Crippen LogP contribution in [0.2, 0.25) is 0 Å². The summed E-state index contributed by atoms with van der Waals surface area (Å²) in [6.07, 6.45) is 0. The highest BCUT2D eigenvalue weighted by Crippen LogP contribution is 2.29. The van der Waals surface area contributed by atoms with E-state index in [0.717, 1.165) is 11.3 Å². The largest absolute Gasteiger partial charge is 0.377 e. The van der Waals surface area contributed by atoms with Crippen molar-refractivity contribution in [3.63, 3.8) is 0 Å². The molecule has 2 rings (SSSR count). The van der Waals surface area contributed by atoms with E-state index in [9.17, 15) is 0 Å². The van der Waals surface area contributed by atoms with Crippen LogP contribution in [0.15, 0.2) is 24.3 Å². The Balaban J connectivity index is 2.29. The molecule has 98 valence electrons. The Bertz CT molecular complexity index is 635. The zero-order valence-corrected chi connectivity index (χ0v) is 12.6. The fourth-order valence-corrected chi connectivity index (χ4v) is 3.29. The van der Waals surface area contributed by atoms with Gasteiger partial charge in [0.1, 0.15) is 6.07 Å². The van der Waals surface area contributed by atoms with Gasteiger partial charge in [0.15, 0.2) is 0 Å². The first-order valence-corrected chi connectivity index (χ1v) is 7.17. The minimum absolute atomic E-state index is 0.207. The van der Waals surface area contributed by atoms with Crippen molar-refractivity contribution in [3.05, 3.63) is 50.7 Å². The number of rotatable bonds is 3. The number of anilines is 1. The van der Waals surface area contributed by atoms with Gasteiger partial charge in [0, 0.05) is 15.8 Å². The monoisotopic (exact) mass is 270 g/mol. The second-order valence-corrected chi connectivity index (χ2v) is 6.36. The van der Waals surface area contributed by atoms with Gasteiger partial charge in [-0.3, -0.25) is 0 Å². The van der Waals surface area contributed by atoms with E-state index in [1.807, 2.05) is 36.5 Å². The van der Waals surface area contributed by atoms with Crippen molar-refractivity contribution >= 4 is 17.0 Å².